The highest BCUT2D eigenvalue weighted by Gasteiger charge is 2.31. The third-order valence-corrected chi connectivity index (χ3v) is 5.24. The van der Waals surface area contributed by atoms with Crippen LogP contribution in [0.2, 0.25) is 0 Å². The summed E-state index contributed by atoms with van der Waals surface area (Å²) in [4.78, 5) is 15.0. The van der Waals surface area contributed by atoms with E-state index < -0.39 is 0 Å². The molecule has 1 aliphatic heterocycles. The maximum absolute atomic E-state index is 13.1. The first kappa shape index (κ1) is 18.1. The van der Waals surface area contributed by atoms with Gasteiger partial charge in [0.05, 0.1) is 13.2 Å². The predicted octanol–water partition coefficient (Wildman–Crippen LogP) is 4.55. The molecular formula is C24H24N2O2. The number of hydrogen-bond acceptors (Lipinski definition) is 2. The first-order chi connectivity index (χ1) is 13.8. The van der Waals surface area contributed by atoms with Crippen LogP contribution in [-0.2, 0) is 13.0 Å². The van der Waals surface area contributed by atoms with Crippen LogP contribution in [0.4, 0.5) is 4.79 Å². The molecule has 142 valence electrons. The molecule has 0 radical (unpaired) electrons. The van der Waals surface area contributed by atoms with Crippen LogP contribution >= 0.6 is 0 Å². The van der Waals surface area contributed by atoms with Gasteiger partial charge in [-0.25, -0.2) is 4.79 Å². The van der Waals surface area contributed by atoms with Crippen LogP contribution in [0.1, 0.15) is 28.3 Å². The maximum atomic E-state index is 13.1. The van der Waals surface area contributed by atoms with Crippen molar-refractivity contribution in [2.45, 2.75) is 19.0 Å². The van der Waals surface area contributed by atoms with Crippen LogP contribution in [0.15, 0.2) is 78.9 Å². The van der Waals surface area contributed by atoms with Crippen LogP contribution in [0, 0.1) is 0 Å². The van der Waals surface area contributed by atoms with Crippen molar-refractivity contribution in [1.29, 1.82) is 0 Å². The number of urea groups is 1. The van der Waals surface area contributed by atoms with E-state index in [-0.39, 0.29) is 12.1 Å². The number of carbonyl (C=O) groups is 1. The minimum Gasteiger partial charge on any atom is -0.497 e. The molecule has 4 heteroatoms. The van der Waals surface area contributed by atoms with Crippen LogP contribution in [0.25, 0.3) is 0 Å². The van der Waals surface area contributed by atoms with Crippen molar-refractivity contribution >= 4 is 6.03 Å². The van der Waals surface area contributed by atoms with Crippen LogP contribution in [0.5, 0.6) is 5.75 Å². The van der Waals surface area contributed by atoms with Crippen molar-refractivity contribution in [2.75, 3.05) is 13.7 Å². The average molecular weight is 372 g/mol. The molecular weight excluding hydrogens is 348 g/mol. The van der Waals surface area contributed by atoms with E-state index >= 15 is 0 Å². The Kier molecular flexibility index (Phi) is 5.29. The summed E-state index contributed by atoms with van der Waals surface area (Å²) in [6, 6.07) is 26.3. The molecule has 0 aromatic heterocycles. The molecule has 4 nitrogen and oxygen atoms in total. The number of amides is 2. The number of carbonyl (C=O) groups excluding carboxylic acids is 1. The van der Waals surface area contributed by atoms with E-state index in [2.05, 4.69) is 35.6 Å². The lowest BCUT2D eigenvalue weighted by Crippen LogP contribution is -2.45. The molecule has 28 heavy (non-hydrogen) atoms. The zero-order valence-corrected chi connectivity index (χ0v) is 16.0. The van der Waals surface area contributed by atoms with Gasteiger partial charge >= 0.3 is 6.03 Å². The number of fused-ring (bicyclic) bond motifs is 1. The van der Waals surface area contributed by atoms with Gasteiger partial charge in [-0.3, -0.25) is 0 Å². The molecule has 0 fully saturated rings. The van der Waals surface area contributed by atoms with Crippen molar-refractivity contribution in [1.82, 2.24) is 10.2 Å². The Morgan fingerprint density at radius 3 is 2.64 bits per heavy atom. The van der Waals surface area contributed by atoms with Crippen molar-refractivity contribution < 1.29 is 9.53 Å². The van der Waals surface area contributed by atoms with Crippen molar-refractivity contribution in [3.8, 4) is 5.75 Å². The monoisotopic (exact) mass is 372 g/mol. The zero-order chi connectivity index (χ0) is 19.3. The molecule has 0 bridgehead atoms. The lowest BCUT2D eigenvalue weighted by atomic mass is 9.88. The second-order valence-corrected chi connectivity index (χ2v) is 6.97. The van der Waals surface area contributed by atoms with Crippen LogP contribution in [-0.4, -0.2) is 24.6 Å². The molecule has 0 unspecified atom stereocenters. The number of rotatable bonds is 4. The maximum Gasteiger partial charge on any atom is 0.318 e. The second kappa shape index (κ2) is 8.17. The number of benzene rings is 3. The minimum atomic E-state index is -0.0727. The summed E-state index contributed by atoms with van der Waals surface area (Å²) < 4.78 is 5.27. The molecule has 1 atom stereocenters. The molecule has 3 aromatic carbocycles. The molecule has 3 aromatic rings. The molecule has 1 heterocycles. The summed E-state index contributed by atoms with van der Waals surface area (Å²) in [7, 11) is 1.65. The van der Waals surface area contributed by atoms with Crippen LogP contribution in [0.3, 0.4) is 0 Å². The Balaban J connectivity index is 1.57. The summed E-state index contributed by atoms with van der Waals surface area (Å²) >= 11 is 0. The van der Waals surface area contributed by atoms with Crippen molar-refractivity contribution in [3.63, 3.8) is 0 Å². The number of methoxy groups -OCH3 is 1. The van der Waals surface area contributed by atoms with Gasteiger partial charge in [-0.05, 0) is 40.8 Å². The van der Waals surface area contributed by atoms with Gasteiger partial charge in [0.15, 0.2) is 0 Å². The van der Waals surface area contributed by atoms with E-state index in [0.717, 1.165) is 23.3 Å². The minimum absolute atomic E-state index is 0.0498. The normalized spacial score (nSPS) is 15.6. The van der Waals surface area contributed by atoms with E-state index in [1.54, 1.807) is 7.11 Å². The molecule has 0 aliphatic carbocycles. The third kappa shape index (κ3) is 3.72. The number of nitrogens with one attached hydrogen (secondary N) is 1. The number of ether oxygens (including phenoxy) is 1. The third-order valence-electron chi connectivity index (χ3n) is 5.24. The summed E-state index contributed by atoms with van der Waals surface area (Å²) in [6.45, 7) is 1.16. The molecule has 0 spiro atoms. The van der Waals surface area contributed by atoms with Gasteiger partial charge < -0.3 is 15.0 Å². The van der Waals surface area contributed by atoms with Gasteiger partial charge in [0.1, 0.15) is 5.75 Å². The first-order valence-electron chi connectivity index (χ1n) is 9.56. The molecule has 0 saturated heterocycles. The lowest BCUT2D eigenvalue weighted by molar-refractivity contribution is 0.179. The molecule has 4 rings (SSSR count). The summed E-state index contributed by atoms with van der Waals surface area (Å²) in [5, 5.41) is 3.08. The molecule has 1 aliphatic rings. The first-order valence-corrected chi connectivity index (χ1v) is 9.56. The Morgan fingerprint density at radius 1 is 1.04 bits per heavy atom. The average Bonchev–Trinajstić information content (AvgIpc) is 2.77. The van der Waals surface area contributed by atoms with Gasteiger partial charge in [0, 0.05) is 13.1 Å². The highest BCUT2D eigenvalue weighted by atomic mass is 16.5. The van der Waals surface area contributed by atoms with Gasteiger partial charge in [-0.15, -0.1) is 0 Å². The summed E-state index contributed by atoms with van der Waals surface area (Å²) in [5.74, 6) is 0.792. The highest BCUT2D eigenvalue weighted by Crippen LogP contribution is 2.35. The Hall–Kier alpha value is -3.27. The molecule has 0 saturated carbocycles. The lowest BCUT2D eigenvalue weighted by Gasteiger charge is -2.37. The SMILES string of the molecule is COc1cccc(CNC(=O)N2CCc3ccccc3[C@@H]2c2ccccc2)c1. The van der Waals surface area contributed by atoms with E-state index in [4.69, 9.17) is 4.74 Å². The second-order valence-electron chi connectivity index (χ2n) is 6.97. The smallest absolute Gasteiger partial charge is 0.318 e. The summed E-state index contributed by atoms with van der Waals surface area (Å²) in [6.07, 6.45) is 0.867. The summed E-state index contributed by atoms with van der Waals surface area (Å²) in [5.41, 5.74) is 4.66. The molecule has 2 amide bonds. The van der Waals surface area contributed by atoms with E-state index in [1.165, 1.54) is 11.1 Å². The van der Waals surface area contributed by atoms with Gasteiger partial charge in [0.25, 0.3) is 0 Å². The Bertz CT molecular complexity index is 956. The van der Waals surface area contributed by atoms with E-state index in [9.17, 15) is 4.79 Å². The van der Waals surface area contributed by atoms with Gasteiger partial charge in [0.2, 0.25) is 0 Å². The largest absolute Gasteiger partial charge is 0.497 e. The van der Waals surface area contributed by atoms with E-state index in [0.29, 0.717) is 13.1 Å². The number of hydrogen-bond donors (Lipinski definition) is 1. The quantitative estimate of drug-likeness (QED) is 0.730. The van der Waals surface area contributed by atoms with E-state index in [1.807, 2.05) is 53.4 Å². The number of nitrogens with zero attached hydrogens (tertiary/aromatic N) is 1. The topological polar surface area (TPSA) is 41.6 Å². The van der Waals surface area contributed by atoms with Gasteiger partial charge in [-0.2, -0.15) is 0 Å². The predicted molar refractivity (Wildman–Crippen MR) is 110 cm³/mol. The zero-order valence-electron chi connectivity index (χ0n) is 16.0. The molecule has 1 N–H and O–H groups in total. The standard InChI is InChI=1S/C24H24N2O2/c1-28-21-12-7-8-18(16-21)17-25-24(27)26-15-14-19-9-5-6-13-22(19)23(26)20-10-3-2-4-11-20/h2-13,16,23H,14-15,17H2,1H3,(H,25,27)/t23-/m0/s1. The highest BCUT2D eigenvalue weighted by molar-refractivity contribution is 5.76. The fourth-order valence-corrected chi connectivity index (χ4v) is 3.84. The Labute approximate surface area is 165 Å². The van der Waals surface area contributed by atoms with Crippen molar-refractivity contribution in [3.05, 3.63) is 101 Å². The fraction of sp³-hybridized carbons (Fsp3) is 0.208. The fourth-order valence-electron chi connectivity index (χ4n) is 3.84. The van der Waals surface area contributed by atoms with Gasteiger partial charge in [-0.1, -0.05) is 66.7 Å². The van der Waals surface area contributed by atoms with Crippen molar-refractivity contribution in [2.24, 2.45) is 0 Å². The Morgan fingerprint density at radius 2 is 1.82 bits per heavy atom. The van der Waals surface area contributed by atoms with Crippen LogP contribution < -0.4 is 10.1 Å².